The van der Waals surface area contributed by atoms with Gasteiger partial charge in [0.05, 0.1) is 12.5 Å². The summed E-state index contributed by atoms with van der Waals surface area (Å²) in [4.78, 5) is 27.2. The molecule has 104 valence electrons. The van der Waals surface area contributed by atoms with E-state index in [1.54, 1.807) is 19.0 Å². The summed E-state index contributed by atoms with van der Waals surface area (Å²) < 4.78 is 0. The van der Waals surface area contributed by atoms with Crippen molar-refractivity contribution in [3.63, 3.8) is 0 Å². The minimum atomic E-state index is -0.174. The summed E-state index contributed by atoms with van der Waals surface area (Å²) in [5.41, 5.74) is 0. The van der Waals surface area contributed by atoms with E-state index in [1.165, 1.54) is 0 Å². The lowest BCUT2D eigenvalue weighted by Gasteiger charge is -2.29. The van der Waals surface area contributed by atoms with Gasteiger partial charge in [-0.25, -0.2) is 0 Å². The number of hydrogen-bond acceptors (Lipinski definition) is 4. The largest absolute Gasteiger partial charge is 0.359 e. The first-order chi connectivity index (χ1) is 8.54. The molecule has 1 rings (SSSR count). The fraction of sp³-hybridized carbons (Fsp3) is 0.833. The molecule has 1 unspecified atom stereocenters. The summed E-state index contributed by atoms with van der Waals surface area (Å²) in [6, 6.07) is 0. The molecule has 1 atom stereocenters. The van der Waals surface area contributed by atoms with Crippen molar-refractivity contribution in [2.75, 3.05) is 53.4 Å². The highest BCUT2D eigenvalue weighted by Gasteiger charge is 2.20. The van der Waals surface area contributed by atoms with E-state index in [0.717, 1.165) is 26.2 Å². The molecule has 18 heavy (non-hydrogen) atoms. The smallest absolute Gasteiger partial charge is 0.236 e. The lowest BCUT2D eigenvalue weighted by Crippen LogP contribution is -2.48. The summed E-state index contributed by atoms with van der Waals surface area (Å²) in [5.74, 6) is -0.128. The van der Waals surface area contributed by atoms with E-state index >= 15 is 0 Å². The van der Waals surface area contributed by atoms with Gasteiger partial charge < -0.3 is 15.5 Å². The maximum Gasteiger partial charge on any atom is 0.236 e. The van der Waals surface area contributed by atoms with E-state index in [1.807, 2.05) is 6.92 Å². The predicted octanol–water partition coefficient (Wildman–Crippen LogP) is -1.27. The number of rotatable bonds is 5. The number of likely N-dealkylation sites (N-methyl/N-ethyl adjacent to an activating group) is 1. The van der Waals surface area contributed by atoms with Crippen LogP contribution < -0.4 is 10.6 Å². The number of hydrogen-bond donors (Lipinski definition) is 2. The molecule has 0 aromatic rings. The molecule has 0 saturated carbocycles. The zero-order valence-corrected chi connectivity index (χ0v) is 11.5. The Hall–Kier alpha value is -1.14. The topological polar surface area (TPSA) is 64.7 Å². The fourth-order valence-corrected chi connectivity index (χ4v) is 2.02. The number of piperazine rings is 1. The van der Waals surface area contributed by atoms with Crippen molar-refractivity contribution in [1.29, 1.82) is 0 Å². The summed E-state index contributed by atoms with van der Waals surface area (Å²) in [7, 11) is 3.37. The molecule has 2 N–H and O–H groups in total. The third-order valence-electron chi connectivity index (χ3n) is 3.24. The molecule has 0 aromatic carbocycles. The molecule has 0 bridgehead atoms. The molecule has 0 aromatic heterocycles. The normalized spacial score (nSPS) is 18.2. The van der Waals surface area contributed by atoms with E-state index in [0.29, 0.717) is 13.1 Å². The monoisotopic (exact) mass is 256 g/mol. The maximum atomic E-state index is 12.0. The van der Waals surface area contributed by atoms with Crippen molar-refractivity contribution in [1.82, 2.24) is 20.4 Å². The van der Waals surface area contributed by atoms with Crippen LogP contribution in [0.4, 0.5) is 0 Å². The van der Waals surface area contributed by atoms with Crippen molar-refractivity contribution in [3.8, 4) is 0 Å². The average Bonchev–Trinajstić information content (AvgIpc) is 2.38. The number of amides is 2. The number of carbonyl (C=O) groups excluding carboxylic acids is 2. The van der Waals surface area contributed by atoms with Crippen molar-refractivity contribution in [3.05, 3.63) is 0 Å². The van der Waals surface area contributed by atoms with Gasteiger partial charge >= 0.3 is 0 Å². The minimum Gasteiger partial charge on any atom is -0.359 e. The quantitative estimate of drug-likeness (QED) is 0.644. The van der Waals surface area contributed by atoms with E-state index in [2.05, 4.69) is 15.5 Å². The molecule has 0 aliphatic carbocycles. The Balaban J connectivity index is 2.33. The minimum absolute atomic E-state index is 0.0307. The zero-order valence-electron chi connectivity index (χ0n) is 11.5. The Labute approximate surface area is 109 Å². The first-order valence-corrected chi connectivity index (χ1v) is 6.43. The molecule has 1 aliphatic rings. The summed E-state index contributed by atoms with van der Waals surface area (Å²) >= 11 is 0. The standard InChI is InChI=1S/C12H24N4O2/c1-10(12(18)13-2)8-15(3)11(17)9-16-6-4-14-5-7-16/h10,14H,4-9H2,1-3H3,(H,13,18). The zero-order chi connectivity index (χ0) is 13.5. The van der Waals surface area contributed by atoms with Crippen LogP contribution in [0.1, 0.15) is 6.92 Å². The van der Waals surface area contributed by atoms with Gasteiger partial charge in [-0.2, -0.15) is 0 Å². The predicted molar refractivity (Wildman–Crippen MR) is 70.2 cm³/mol. The average molecular weight is 256 g/mol. The van der Waals surface area contributed by atoms with Crippen molar-refractivity contribution >= 4 is 11.8 Å². The Morgan fingerprint density at radius 1 is 1.39 bits per heavy atom. The van der Waals surface area contributed by atoms with Crippen LogP contribution >= 0.6 is 0 Å². The van der Waals surface area contributed by atoms with E-state index in [4.69, 9.17) is 0 Å². The van der Waals surface area contributed by atoms with Crippen LogP contribution in [-0.4, -0.2) is 75.0 Å². The maximum absolute atomic E-state index is 12.0. The Kier molecular flexibility index (Phi) is 6.07. The van der Waals surface area contributed by atoms with Crippen molar-refractivity contribution < 1.29 is 9.59 Å². The Bertz CT molecular complexity index is 290. The van der Waals surface area contributed by atoms with Crippen molar-refractivity contribution in [2.45, 2.75) is 6.92 Å². The number of nitrogens with one attached hydrogen (secondary N) is 2. The molecule has 1 aliphatic heterocycles. The number of nitrogens with zero attached hydrogens (tertiary/aromatic N) is 2. The van der Waals surface area contributed by atoms with Crippen molar-refractivity contribution in [2.24, 2.45) is 5.92 Å². The SMILES string of the molecule is CNC(=O)C(C)CN(C)C(=O)CN1CCNCC1. The fourth-order valence-electron chi connectivity index (χ4n) is 2.02. The van der Waals surface area contributed by atoms with Gasteiger partial charge in [-0.1, -0.05) is 6.92 Å². The molecule has 0 spiro atoms. The number of carbonyl (C=O) groups is 2. The van der Waals surface area contributed by atoms with Crippen LogP contribution in [0, 0.1) is 5.92 Å². The van der Waals surface area contributed by atoms with Gasteiger partial charge in [-0.15, -0.1) is 0 Å². The molecule has 0 radical (unpaired) electrons. The van der Waals surface area contributed by atoms with Crippen LogP contribution in [0.15, 0.2) is 0 Å². The first kappa shape index (κ1) is 14.9. The van der Waals surface area contributed by atoms with Gasteiger partial charge in [0.1, 0.15) is 0 Å². The summed E-state index contributed by atoms with van der Waals surface area (Å²) in [6.07, 6.45) is 0. The van der Waals surface area contributed by atoms with Crippen LogP contribution in [0.2, 0.25) is 0 Å². The van der Waals surface area contributed by atoms with E-state index in [-0.39, 0.29) is 17.7 Å². The lowest BCUT2D eigenvalue weighted by molar-refractivity contribution is -0.133. The molecule has 1 fully saturated rings. The first-order valence-electron chi connectivity index (χ1n) is 6.43. The second-order valence-corrected chi connectivity index (χ2v) is 4.82. The molecule has 2 amide bonds. The van der Waals surface area contributed by atoms with Crippen LogP contribution in [0.25, 0.3) is 0 Å². The Morgan fingerprint density at radius 2 is 2.00 bits per heavy atom. The van der Waals surface area contributed by atoms with Gasteiger partial charge in [0, 0.05) is 46.8 Å². The molecule has 1 heterocycles. The van der Waals surface area contributed by atoms with Crippen LogP contribution in [-0.2, 0) is 9.59 Å². The van der Waals surface area contributed by atoms with Gasteiger partial charge in [-0.3, -0.25) is 14.5 Å². The van der Waals surface area contributed by atoms with Gasteiger partial charge in [0.15, 0.2) is 0 Å². The summed E-state index contributed by atoms with van der Waals surface area (Å²) in [6.45, 7) is 6.42. The highest BCUT2D eigenvalue weighted by atomic mass is 16.2. The van der Waals surface area contributed by atoms with E-state index in [9.17, 15) is 9.59 Å². The van der Waals surface area contributed by atoms with Crippen LogP contribution in [0.3, 0.4) is 0 Å². The summed E-state index contributed by atoms with van der Waals surface area (Å²) in [5, 5.41) is 5.85. The van der Waals surface area contributed by atoms with Gasteiger partial charge in [-0.05, 0) is 0 Å². The second-order valence-electron chi connectivity index (χ2n) is 4.82. The molecular formula is C12H24N4O2. The van der Waals surface area contributed by atoms with Gasteiger partial charge in [0.25, 0.3) is 0 Å². The Morgan fingerprint density at radius 3 is 2.56 bits per heavy atom. The molecule has 6 nitrogen and oxygen atoms in total. The van der Waals surface area contributed by atoms with Crippen LogP contribution in [0.5, 0.6) is 0 Å². The lowest BCUT2D eigenvalue weighted by atomic mass is 10.1. The molecule has 6 heteroatoms. The van der Waals surface area contributed by atoms with Gasteiger partial charge in [0.2, 0.25) is 11.8 Å². The third-order valence-corrected chi connectivity index (χ3v) is 3.24. The molecular weight excluding hydrogens is 232 g/mol. The second kappa shape index (κ2) is 7.33. The third kappa shape index (κ3) is 4.62. The molecule has 1 saturated heterocycles. The highest BCUT2D eigenvalue weighted by molar-refractivity contribution is 5.81. The van der Waals surface area contributed by atoms with E-state index < -0.39 is 0 Å². The highest BCUT2D eigenvalue weighted by Crippen LogP contribution is 2.00.